The lowest BCUT2D eigenvalue weighted by molar-refractivity contribution is -0.338. The summed E-state index contributed by atoms with van der Waals surface area (Å²) in [6.45, 7) is 24.8. The molecule has 0 amide bonds. The molecule has 200 valence electrons. The molecule has 3 aliphatic rings. The van der Waals surface area contributed by atoms with Crippen LogP contribution in [-0.4, -0.2) is 49.2 Å². The third-order valence-electron chi connectivity index (χ3n) is 9.92. The molecule has 0 bridgehead atoms. The van der Waals surface area contributed by atoms with E-state index in [1.54, 1.807) is 0 Å². The van der Waals surface area contributed by atoms with Crippen molar-refractivity contribution in [2.75, 3.05) is 0 Å². The normalized spacial score (nSPS) is 52.5. The summed E-state index contributed by atoms with van der Waals surface area (Å²) >= 11 is 0. The first-order valence-electron chi connectivity index (χ1n) is 14.3. The fourth-order valence-electron chi connectivity index (χ4n) is 6.80. The van der Waals surface area contributed by atoms with Crippen LogP contribution in [0.25, 0.3) is 0 Å². The molecule has 0 spiro atoms. The molecule has 5 nitrogen and oxygen atoms in total. The molecule has 0 saturated carbocycles. The number of hydrogen-bond donors (Lipinski definition) is 0. The minimum atomic E-state index is -0.299. The standard InChI is InChI=1S/C29H54O5/c1-12-23-17(6)18(7)27(22(11)30-23)34-29-21(10)26(20(9)25(14-3)32-29)33-28-19(8)15(4)16(5)24(13-2)31-28/h15-29H,12-14H2,1-11H3/t15-,16-,17-,18-,19?,20+,21?,22-,23?,24?,25?,26-,27?,28+,29+/m0/s1. The zero-order chi connectivity index (χ0) is 25.3. The Morgan fingerprint density at radius 1 is 0.441 bits per heavy atom. The molecule has 34 heavy (non-hydrogen) atoms. The van der Waals surface area contributed by atoms with Gasteiger partial charge in [-0.15, -0.1) is 0 Å². The maximum Gasteiger partial charge on any atom is 0.163 e. The van der Waals surface area contributed by atoms with E-state index in [1.807, 2.05) is 0 Å². The van der Waals surface area contributed by atoms with E-state index in [0.717, 1.165) is 19.3 Å². The number of hydrogen-bond acceptors (Lipinski definition) is 5. The first kappa shape index (κ1) is 28.4. The van der Waals surface area contributed by atoms with Gasteiger partial charge in [0.05, 0.1) is 36.6 Å². The Kier molecular flexibility index (Phi) is 9.93. The van der Waals surface area contributed by atoms with E-state index in [2.05, 4.69) is 76.2 Å². The quantitative estimate of drug-likeness (QED) is 0.405. The van der Waals surface area contributed by atoms with Gasteiger partial charge >= 0.3 is 0 Å². The molecule has 6 unspecified atom stereocenters. The van der Waals surface area contributed by atoms with Crippen molar-refractivity contribution < 1.29 is 23.7 Å². The highest BCUT2D eigenvalue weighted by Crippen LogP contribution is 2.42. The van der Waals surface area contributed by atoms with Gasteiger partial charge in [0.1, 0.15) is 0 Å². The van der Waals surface area contributed by atoms with Gasteiger partial charge in [0.25, 0.3) is 0 Å². The van der Waals surface area contributed by atoms with Crippen LogP contribution in [0.2, 0.25) is 0 Å². The van der Waals surface area contributed by atoms with E-state index in [9.17, 15) is 0 Å². The molecule has 0 aliphatic carbocycles. The van der Waals surface area contributed by atoms with Crippen molar-refractivity contribution in [2.24, 2.45) is 41.4 Å². The average Bonchev–Trinajstić information content (AvgIpc) is 2.82. The summed E-state index contributed by atoms with van der Waals surface area (Å²) < 4.78 is 33.1. The molecule has 0 aromatic heterocycles. The zero-order valence-corrected chi connectivity index (χ0v) is 23.8. The summed E-state index contributed by atoms with van der Waals surface area (Å²) in [5.41, 5.74) is 0. The molecule has 3 saturated heterocycles. The van der Waals surface area contributed by atoms with Crippen LogP contribution in [0, 0.1) is 41.4 Å². The van der Waals surface area contributed by atoms with Crippen molar-refractivity contribution >= 4 is 0 Å². The second-order valence-electron chi connectivity index (χ2n) is 11.9. The number of ether oxygens (including phenoxy) is 5. The van der Waals surface area contributed by atoms with Crippen molar-refractivity contribution in [3.8, 4) is 0 Å². The number of rotatable bonds is 7. The van der Waals surface area contributed by atoms with Gasteiger partial charge in [-0.05, 0) is 49.9 Å². The lowest BCUT2D eigenvalue weighted by atomic mass is 9.78. The zero-order valence-electron chi connectivity index (χ0n) is 23.8. The molecule has 0 aromatic carbocycles. The predicted octanol–water partition coefficient (Wildman–Crippen LogP) is 6.68. The van der Waals surface area contributed by atoms with E-state index in [0.29, 0.717) is 35.7 Å². The summed E-state index contributed by atoms with van der Waals surface area (Å²) in [7, 11) is 0. The Morgan fingerprint density at radius 2 is 0.882 bits per heavy atom. The molecule has 5 heteroatoms. The van der Waals surface area contributed by atoms with Crippen LogP contribution in [0.15, 0.2) is 0 Å². The monoisotopic (exact) mass is 482 g/mol. The SMILES string of the molecule is CCC1O[C@H](O[C@@H]2C(C)[C@@H](OC3[C@H](C)OC(CC)[C@@H](C)[C@@H]3C)OC(CC)[C@H]2C)C(C)[C@@H](C)[C@@H]1C. The van der Waals surface area contributed by atoms with E-state index >= 15 is 0 Å². The van der Waals surface area contributed by atoms with Crippen molar-refractivity contribution in [3.63, 3.8) is 0 Å². The lowest BCUT2D eigenvalue weighted by Gasteiger charge is -2.51. The Labute approximate surface area is 210 Å². The van der Waals surface area contributed by atoms with Crippen LogP contribution in [0.4, 0.5) is 0 Å². The van der Waals surface area contributed by atoms with Gasteiger partial charge in [0.15, 0.2) is 12.6 Å². The largest absolute Gasteiger partial charge is 0.372 e. The Morgan fingerprint density at radius 3 is 1.44 bits per heavy atom. The molecule has 0 radical (unpaired) electrons. The van der Waals surface area contributed by atoms with Gasteiger partial charge in [-0.25, -0.2) is 0 Å². The predicted molar refractivity (Wildman–Crippen MR) is 136 cm³/mol. The van der Waals surface area contributed by atoms with Crippen LogP contribution >= 0.6 is 0 Å². The van der Waals surface area contributed by atoms with E-state index in [4.69, 9.17) is 23.7 Å². The first-order chi connectivity index (χ1) is 16.0. The summed E-state index contributed by atoms with van der Waals surface area (Å²) in [5.74, 6) is 2.75. The van der Waals surface area contributed by atoms with Crippen molar-refractivity contribution in [1.29, 1.82) is 0 Å². The van der Waals surface area contributed by atoms with E-state index < -0.39 is 0 Å². The van der Waals surface area contributed by atoms with Crippen LogP contribution in [0.3, 0.4) is 0 Å². The Balaban J connectivity index is 1.76. The van der Waals surface area contributed by atoms with Gasteiger partial charge in [-0.1, -0.05) is 69.2 Å². The minimum Gasteiger partial charge on any atom is -0.372 e. The fourth-order valence-corrected chi connectivity index (χ4v) is 6.80. The van der Waals surface area contributed by atoms with Crippen LogP contribution in [0.1, 0.15) is 95.4 Å². The van der Waals surface area contributed by atoms with E-state index in [-0.39, 0.29) is 54.9 Å². The van der Waals surface area contributed by atoms with Gasteiger partial charge < -0.3 is 23.7 Å². The van der Waals surface area contributed by atoms with Crippen molar-refractivity contribution in [2.45, 2.75) is 145 Å². The second-order valence-corrected chi connectivity index (χ2v) is 11.9. The van der Waals surface area contributed by atoms with Crippen LogP contribution < -0.4 is 0 Å². The van der Waals surface area contributed by atoms with Gasteiger partial charge in [-0.3, -0.25) is 0 Å². The van der Waals surface area contributed by atoms with Gasteiger partial charge in [-0.2, -0.15) is 0 Å². The minimum absolute atomic E-state index is 0.0204. The summed E-state index contributed by atoms with van der Waals surface area (Å²) in [5, 5.41) is 0. The fraction of sp³-hybridized carbons (Fsp3) is 1.00. The summed E-state index contributed by atoms with van der Waals surface area (Å²) in [6.07, 6.45) is 3.31. The smallest absolute Gasteiger partial charge is 0.163 e. The highest BCUT2D eigenvalue weighted by molar-refractivity contribution is 4.91. The highest BCUT2D eigenvalue weighted by Gasteiger charge is 2.49. The average molecular weight is 483 g/mol. The second kappa shape index (κ2) is 11.9. The molecule has 3 rings (SSSR count). The molecular formula is C29H54O5. The highest BCUT2D eigenvalue weighted by atomic mass is 16.7. The first-order valence-corrected chi connectivity index (χ1v) is 14.3. The van der Waals surface area contributed by atoms with E-state index in [1.165, 1.54) is 0 Å². The molecular weight excluding hydrogens is 428 g/mol. The lowest BCUT2D eigenvalue weighted by Crippen LogP contribution is -2.57. The van der Waals surface area contributed by atoms with Crippen LogP contribution in [0.5, 0.6) is 0 Å². The van der Waals surface area contributed by atoms with Gasteiger partial charge in [0.2, 0.25) is 0 Å². The maximum absolute atomic E-state index is 6.87. The third kappa shape index (κ3) is 5.54. The van der Waals surface area contributed by atoms with Crippen molar-refractivity contribution in [3.05, 3.63) is 0 Å². The topological polar surface area (TPSA) is 46.2 Å². The molecule has 3 fully saturated rings. The Bertz CT molecular complexity index is 626. The third-order valence-corrected chi connectivity index (χ3v) is 9.92. The molecule has 0 N–H and O–H groups in total. The molecule has 3 heterocycles. The van der Waals surface area contributed by atoms with Crippen LogP contribution in [-0.2, 0) is 23.7 Å². The molecule has 3 aliphatic heterocycles. The molecule has 15 atom stereocenters. The Hall–Kier alpha value is -0.200. The molecule has 0 aromatic rings. The summed E-state index contributed by atoms with van der Waals surface area (Å²) in [4.78, 5) is 0. The van der Waals surface area contributed by atoms with Gasteiger partial charge in [0, 0.05) is 17.8 Å². The summed E-state index contributed by atoms with van der Waals surface area (Å²) in [6, 6.07) is 0. The van der Waals surface area contributed by atoms with Crippen molar-refractivity contribution in [1.82, 2.24) is 0 Å². The maximum atomic E-state index is 6.87.